The second-order valence-electron chi connectivity index (χ2n) is 8.04. The fourth-order valence-electron chi connectivity index (χ4n) is 3.13. The molecule has 1 N–H and O–H groups in total. The summed E-state index contributed by atoms with van der Waals surface area (Å²) in [5.74, 6) is -1.45. The molecular weight excluding hydrogens is 504 g/mol. The van der Waals surface area contributed by atoms with E-state index in [2.05, 4.69) is 5.32 Å². The van der Waals surface area contributed by atoms with Crippen molar-refractivity contribution in [2.45, 2.75) is 45.8 Å². The number of benzene rings is 2. The van der Waals surface area contributed by atoms with Crippen LogP contribution in [0.25, 0.3) is 0 Å². The fourth-order valence-corrected chi connectivity index (χ4v) is 4.48. The van der Waals surface area contributed by atoms with E-state index < -0.39 is 34.3 Å². The summed E-state index contributed by atoms with van der Waals surface area (Å²) < 4.78 is 39.3. The maximum Gasteiger partial charge on any atom is 0.244 e. The second kappa shape index (κ2) is 11.9. The molecule has 0 aliphatic carbocycles. The molecule has 0 bridgehead atoms. The number of hydrogen-bond donors (Lipinski definition) is 1. The van der Waals surface area contributed by atoms with E-state index >= 15 is 0 Å². The molecule has 11 heteroatoms. The predicted octanol–water partition coefficient (Wildman–Crippen LogP) is 4.23. The molecule has 34 heavy (non-hydrogen) atoms. The first-order chi connectivity index (χ1) is 15.8. The van der Waals surface area contributed by atoms with Crippen LogP contribution in [0.5, 0.6) is 0 Å². The number of amides is 2. The SMILES string of the molecule is CC[C@H](C)NC(=O)[C@@H](C)N(Cc1ccc(F)cc1)C(=O)CN(c1cc(Cl)cc(Cl)c1)S(C)(=O)=O. The molecular formula is C23H28Cl2FN3O4S. The number of sulfonamides is 1. The molecule has 0 aliphatic heterocycles. The van der Waals surface area contributed by atoms with E-state index in [1.165, 1.54) is 47.4 Å². The van der Waals surface area contributed by atoms with E-state index in [0.29, 0.717) is 12.0 Å². The van der Waals surface area contributed by atoms with Gasteiger partial charge in [-0.05, 0) is 56.2 Å². The van der Waals surface area contributed by atoms with E-state index in [1.807, 2.05) is 13.8 Å². The Bertz CT molecular complexity index is 1110. The molecule has 0 aliphatic rings. The summed E-state index contributed by atoms with van der Waals surface area (Å²) in [6, 6.07) is 8.67. The monoisotopic (exact) mass is 531 g/mol. The standard InChI is InChI=1S/C23H28Cl2FN3O4S/c1-5-15(2)27-23(31)16(3)28(13-17-6-8-20(26)9-7-17)22(30)14-29(34(4,32)33)21-11-18(24)10-19(25)12-21/h6-12,15-16H,5,13-14H2,1-4H3,(H,27,31)/t15-,16+/m0/s1. The summed E-state index contributed by atoms with van der Waals surface area (Å²) in [5.41, 5.74) is 0.696. The molecule has 0 fully saturated rings. The van der Waals surface area contributed by atoms with Crippen molar-refractivity contribution >= 4 is 50.7 Å². The third-order valence-corrected chi connectivity index (χ3v) is 6.83. The van der Waals surface area contributed by atoms with Gasteiger partial charge < -0.3 is 10.2 Å². The van der Waals surface area contributed by atoms with Gasteiger partial charge in [0.2, 0.25) is 21.8 Å². The molecule has 7 nitrogen and oxygen atoms in total. The Morgan fingerprint density at radius 3 is 2.12 bits per heavy atom. The van der Waals surface area contributed by atoms with Crippen molar-refractivity contribution in [1.29, 1.82) is 0 Å². The first kappa shape index (κ1) is 27.9. The second-order valence-corrected chi connectivity index (χ2v) is 10.8. The van der Waals surface area contributed by atoms with Crippen molar-refractivity contribution in [2.24, 2.45) is 0 Å². The molecule has 2 aromatic rings. The first-order valence-corrected chi connectivity index (χ1v) is 13.2. The van der Waals surface area contributed by atoms with Gasteiger partial charge in [-0.25, -0.2) is 12.8 Å². The lowest BCUT2D eigenvalue weighted by Crippen LogP contribution is -2.52. The topological polar surface area (TPSA) is 86.8 Å². The number of nitrogens with zero attached hydrogens (tertiary/aromatic N) is 2. The Morgan fingerprint density at radius 1 is 1.06 bits per heavy atom. The Balaban J connectivity index is 2.41. The molecule has 0 unspecified atom stereocenters. The summed E-state index contributed by atoms with van der Waals surface area (Å²) in [4.78, 5) is 27.5. The van der Waals surface area contributed by atoms with Gasteiger partial charge in [-0.2, -0.15) is 0 Å². The fraction of sp³-hybridized carbons (Fsp3) is 0.391. The minimum absolute atomic E-state index is 0.0257. The molecule has 2 amide bonds. The van der Waals surface area contributed by atoms with E-state index in [9.17, 15) is 22.4 Å². The lowest BCUT2D eigenvalue weighted by Gasteiger charge is -2.32. The third kappa shape index (κ3) is 7.85. The lowest BCUT2D eigenvalue weighted by molar-refractivity contribution is -0.139. The number of nitrogens with one attached hydrogen (secondary N) is 1. The van der Waals surface area contributed by atoms with Crippen LogP contribution in [0.2, 0.25) is 10.0 Å². The van der Waals surface area contributed by atoms with Crippen LogP contribution in [0, 0.1) is 5.82 Å². The van der Waals surface area contributed by atoms with E-state index in [-0.39, 0.29) is 34.2 Å². The maximum atomic E-state index is 13.4. The number of hydrogen-bond acceptors (Lipinski definition) is 4. The van der Waals surface area contributed by atoms with E-state index in [0.717, 1.165) is 10.6 Å². The van der Waals surface area contributed by atoms with Crippen LogP contribution in [-0.4, -0.2) is 50.0 Å². The molecule has 0 saturated carbocycles. The number of carbonyl (C=O) groups is 2. The summed E-state index contributed by atoms with van der Waals surface area (Å²) >= 11 is 12.1. The number of rotatable bonds is 10. The van der Waals surface area contributed by atoms with Gasteiger partial charge in [0.25, 0.3) is 0 Å². The van der Waals surface area contributed by atoms with Crippen LogP contribution in [0.15, 0.2) is 42.5 Å². The van der Waals surface area contributed by atoms with Crippen molar-refractivity contribution in [3.05, 3.63) is 63.9 Å². The number of carbonyl (C=O) groups excluding carboxylic acids is 2. The van der Waals surface area contributed by atoms with Crippen molar-refractivity contribution in [1.82, 2.24) is 10.2 Å². The Hall–Kier alpha value is -2.36. The smallest absolute Gasteiger partial charge is 0.244 e. The van der Waals surface area contributed by atoms with Gasteiger partial charge in [0.1, 0.15) is 18.4 Å². The molecule has 2 rings (SSSR count). The molecule has 0 aromatic heterocycles. The average Bonchev–Trinajstić information content (AvgIpc) is 2.74. The molecule has 2 atom stereocenters. The molecule has 0 saturated heterocycles. The zero-order valence-corrected chi connectivity index (χ0v) is 21.7. The largest absolute Gasteiger partial charge is 0.352 e. The maximum absolute atomic E-state index is 13.4. The molecule has 0 heterocycles. The van der Waals surface area contributed by atoms with Crippen LogP contribution in [0.3, 0.4) is 0 Å². The number of halogens is 3. The van der Waals surface area contributed by atoms with Gasteiger partial charge >= 0.3 is 0 Å². The Morgan fingerprint density at radius 2 is 1.62 bits per heavy atom. The Kier molecular flexibility index (Phi) is 9.73. The minimum atomic E-state index is -3.91. The Labute approximate surface area is 209 Å². The van der Waals surface area contributed by atoms with Gasteiger partial charge in [0, 0.05) is 22.6 Å². The lowest BCUT2D eigenvalue weighted by atomic mass is 10.1. The molecule has 0 spiro atoms. The summed E-state index contributed by atoms with van der Waals surface area (Å²) in [7, 11) is -3.91. The highest BCUT2D eigenvalue weighted by Crippen LogP contribution is 2.27. The van der Waals surface area contributed by atoms with Crippen LogP contribution in [-0.2, 0) is 26.2 Å². The summed E-state index contributed by atoms with van der Waals surface area (Å²) in [6.45, 7) is 4.70. The van der Waals surface area contributed by atoms with Gasteiger partial charge in [-0.15, -0.1) is 0 Å². The summed E-state index contributed by atoms with van der Waals surface area (Å²) in [5, 5.41) is 3.23. The zero-order valence-electron chi connectivity index (χ0n) is 19.4. The van der Waals surface area contributed by atoms with Gasteiger partial charge in [0.15, 0.2) is 0 Å². The molecule has 2 aromatic carbocycles. The van der Waals surface area contributed by atoms with Crippen molar-refractivity contribution in [3.63, 3.8) is 0 Å². The van der Waals surface area contributed by atoms with Crippen molar-refractivity contribution in [2.75, 3.05) is 17.1 Å². The van der Waals surface area contributed by atoms with Crippen LogP contribution < -0.4 is 9.62 Å². The quantitative estimate of drug-likeness (QED) is 0.496. The zero-order chi connectivity index (χ0) is 25.6. The van der Waals surface area contributed by atoms with Gasteiger partial charge in [0.05, 0.1) is 11.9 Å². The van der Waals surface area contributed by atoms with E-state index in [1.54, 1.807) is 6.92 Å². The average molecular weight is 532 g/mol. The van der Waals surface area contributed by atoms with E-state index in [4.69, 9.17) is 23.2 Å². The van der Waals surface area contributed by atoms with Crippen LogP contribution >= 0.6 is 23.2 Å². The first-order valence-electron chi connectivity index (χ1n) is 10.6. The third-order valence-electron chi connectivity index (χ3n) is 5.25. The predicted molar refractivity (Wildman–Crippen MR) is 133 cm³/mol. The van der Waals surface area contributed by atoms with Crippen molar-refractivity contribution in [3.8, 4) is 0 Å². The number of anilines is 1. The van der Waals surface area contributed by atoms with Crippen molar-refractivity contribution < 1.29 is 22.4 Å². The normalized spacial score (nSPS) is 13.1. The minimum Gasteiger partial charge on any atom is -0.352 e. The molecule has 0 radical (unpaired) electrons. The van der Waals surface area contributed by atoms with Gasteiger partial charge in [-0.3, -0.25) is 13.9 Å². The summed E-state index contributed by atoms with van der Waals surface area (Å²) in [6.07, 6.45) is 1.65. The highest BCUT2D eigenvalue weighted by atomic mass is 35.5. The van der Waals surface area contributed by atoms with Crippen LogP contribution in [0.4, 0.5) is 10.1 Å². The molecule has 186 valence electrons. The highest BCUT2D eigenvalue weighted by Gasteiger charge is 2.30. The van der Waals surface area contributed by atoms with Gasteiger partial charge in [-0.1, -0.05) is 42.3 Å². The van der Waals surface area contributed by atoms with Crippen LogP contribution in [0.1, 0.15) is 32.8 Å². The highest BCUT2D eigenvalue weighted by molar-refractivity contribution is 7.92.